The van der Waals surface area contributed by atoms with Crippen molar-refractivity contribution >= 4 is 11.9 Å². The number of rotatable bonds is 5. The third-order valence-corrected chi connectivity index (χ3v) is 5.03. The van der Waals surface area contributed by atoms with Crippen LogP contribution in [0, 0.1) is 31.6 Å². The van der Waals surface area contributed by atoms with Crippen molar-refractivity contribution in [2.75, 3.05) is 13.1 Å². The fourth-order valence-electron chi connectivity index (χ4n) is 3.54. The normalized spacial score (nSPS) is 24.7. The van der Waals surface area contributed by atoms with Crippen molar-refractivity contribution in [3.63, 3.8) is 0 Å². The van der Waals surface area contributed by atoms with Gasteiger partial charge < -0.3 is 14.5 Å². The summed E-state index contributed by atoms with van der Waals surface area (Å²) < 4.78 is 5.11. The predicted molar refractivity (Wildman–Crippen MR) is 78.2 cm³/mol. The second-order valence-electron chi connectivity index (χ2n) is 6.55. The minimum atomic E-state index is -0.766. The number of hydrogen-bond donors (Lipinski definition) is 1. The molecule has 0 aromatic carbocycles. The molecule has 0 bridgehead atoms. The number of likely N-dealkylation sites (tertiary alicyclic amines) is 1. The van der Waals surface area contributed by atoms with Crippen LogP contribution in [0.1, 0.15) is 36.3 Å². The number of carboxylic acid groups (broad SMARTS) is 1. The van der Waals surface area contributed by atoms with Crippen LogP contribution in [0.15, 0.2) is 4.52 Å². The lowest BCUT2D eigenvalue weighted by atomic mass is 9.92. The molecular weight excluding hydrogens is 284 g/mol. The number of hydrogen-bond acceptors (Lipinski definition) is 4. The fraction of sp³-hybridized carbons (Fsp3) is 0.688. The van der Waals surface area contributed by atoms with Crippen LogP contribution in [0.4, 0.5) is 0 Å². The van der Waals surface area contributed by atoms with Gasteiger partial charge in [0.15, 0.2) is 0 Å². The van der Waals surface area contributed by atoms with Crippen LogP contribution >= 0.6 is 0 Å². The van der Waals surface area contributed by atoms with Crippen molar-refractivity contribution in [2.24, 2.45) is 17.8 Å². The molecule has 2 unspecified atom stereocenters. The van der Waals surface area contributed by atoms with Crippen molar-refractivity contribution in [3.05, 3.63) is 17.0 Å². The first-order chi connectivity index (χ1) is 10.5. The standard InChI is InChI=1S/C16H22N2O4/c1-9-12(10(2)22-17-9)5-6-15(19)18-7-13(11-3-4-11)14(8-18)16(20)21/h11,13-14H,3-8H2,1-2H3,(H,20,21). The molecule has 0 spiro atoms. The van der Waals surface area contributed by atoms with E-state index in [9.17, 15) is 14.7 Å². The third-order valence-electron chi connectivity index (χ3n) is 5.03. The number of carbonyl (C=O) groups excluding carboxylic acids is 1. The van der Waals surface area contributed by atoms with E-state index in [0.29, 0.717) is 31.8 Å². The lowest BCUT2D eigenvalue weighted by Gasteiger charge is -2.16. The van der Waals surface area contributed by atoms with Crippen LogP contribution in [-0.2, 0) is 16.0 Å². The van der Waals surface area contributed by atoms with Crippen LogP contribution in [-0.4, -0.2) is 40.1 Å². The van der Waals surface area contributed by atoms with Crippen molar-refractivity contribution in [2.45, 2.75) is 39.5 Å². The molecule has 22 heavy (non-hydrogen) atoms. The SMILES string of the molecule is Cc1noc(C)c1CCC(=O)N1CC(C(=O)O)C(C2CC2)C1. The molecule has 1 aliphatic carbocycles. The quantitative estimate of drug-likeness (QED) is 0.896. The first-order valence-corrected chi connectivity index (χ1v) is 7.89. The summed E-state index contributed by atoms with van der Waals surface area (Å²) in [5, 5.41) is 13.2. The zero-order valence-electron chi connectivity index (χ0n) is 13.0. The Balaban J connectivity index is 1.60. The van der Waals surface area contributed by atoms with Gasteiger partial charge in [0.25, 0.3) is 0 Å². The molecular formula is C16H22N2O4. The number of aliphatic carboxylic acids is 1. The molecule has 1 saturated heterocycles. The molecule has 1 aromatic rings. The summed E-state index contributed by atoms with van der Waals surface area (Å²) in [6.07, 6.45) is 3.19. The topological polar surface area (TPSA) is 83.6 Å². The highest BCUT2D eigenvalue weighted by Gasteiger charge is 2.46. The van der Waals surface area contributed by atoms with Crippen LogP contribution in [0.3, 0.4) is 0 Å². The summed E-state index contributed by atoms with van der Waals surface area (Å²) in [6, 6.07) is 0. The largest absolute Gasteiger partial charge is 0.481 e. The van der Waals surface area contributed by atoms with Gasteiger partial charge in [-0.05, 0) is 44.9 Å². The molecule has 120 valence electrons. The summed E-state index contributed by atoms with van der Waals surface area (Å²) in [4.78, 5) is 25.5. The van der Waals surface area contributed by atoms with E-state index in [4.69, 9.17) is 4.52 Å². The van der Waals surface area contributed by atoms with E-state index in [2.05, 4.69) is 5.16 Å². The Morgan fingerprint density at radius 2 is 2.05 bits per heavy atom. The first-order valence-electron chi connectivity index (χ1n) is 7.89. The molecule has 1 aliphatic heterocycles. The van der Waals surface area contributed by atoms with Gasteiger partial charge in [-0.3, -0.25) is 9.59 Å². The highest BCUT2D eigenvalue weighted by molar-refractivity contribution is 5.79. The maximum Gasteiger partial charge on any atom is 0.308 e. The third kappa shape index (κ3) is 2.87. The van der Waals surface area contributed by atoms with Crippen LogP contribution < -0.4 is 0 Å². The zero-order valence-corrected chi connectivity index (χ0v) is 13.0. The van der Waals surface area contributed by atoms with Crippen molar-refractivity contribution in [1.29, 1.82) is 0 Å². The van der Waals surface area contributed by atoms with Gasteiger partial charge in [-0.2, -0.15) is 0 Å². The van der Waals surface area contributed by atoms with E-state index in [-0.39, 0.29) is 11.8 Å². The molecule has 1 N–H and O–H groups in total. The van der Waals surface area contributed by atoms with Crippen molar-refractivity contribution < 1.29 is 19.2 Å². The van der Waals surface area contributed by atoms with Gasteiger partial charge in [-0.25, -0.2) is 0 Å². The zero-order chi connectivity index (χ0) is 15.9. The predicted octanol–water partition coefficient (Wildman–Crippen LogP) is 1.79. The van der Waals surface area contributed by atoms with Gasteiger partial charge in [-0.1, -0.05) is 5.16 Å². The van der Waals surface area contributed by atoms with E-state index < -0.39 is 11.9 Å². The minimum Gasteiger partial charge on any atom is -0.481 e. The van der Waals surface area contributed by atoms with Crippen LogP contribution in [0.2, 0.25) is 0 Å². The Bertz CT molecular complexity index is 571. The fourth-order valence-corrected chi connectivity index (χ4v) is 3.54. The monoisotopic (exact) mass is 306 g/mol. The summed E-state index contributed by atoms with van der Waals surface area (Å²) in [5.74, 6) is 0.274. The molecule has 2 atom stereocenters. The second-order valence-corrected chi connectivity index (χ2v) is 6.55. The molecule has 2 fully saturated rings. The van der Waals surface area contributed by atoms with E-state index in [1.807, 2.05) is 13.8 Å². The molecule has 1 aromatic heterocycles. The highest BCUT2D eigenvalue weighted by atomic mass is 16.5. The number of carboxylic acids is 1. The summed E-state index contributed by atoms with van der Waals surface area (Å²) in [7, 11) is 0. The van der Waals surface area contributed by atoms with Gasteiger partial charge in [0.2, 0.25) is 5.91 Å². The number of amides is 1. The van der Waals surface area contributed by atoms with E-state index in [1.54, 1.807) is 4.90 Å². The van der Waals surface area contributed by atoms with Gasteiger partial charge in [0.1, 0.15) is 5.76 Å². The average molecular weight is 306 g/mol. The maximum absolute atomic E-state index is 12.4. The number of aryl methyl sites for hydroxylation is 2. The highest BCUT2D eigenvalue weighted by Crippen LogP contribution is 2.44. The first kappa shape index (κ1) is 15.1. The van der Waals surface area contributed by atoms with Crippen LogP contribution in [0.25, 0.3) is 0 Å². The van der Waals surface area contributed by atoms with Gasteiger partial charge >= 0.3 is 5.97 Å². The number of aromatic nitrogens is 1. The van der Waals surface area contributed by atoms with Gasteiger partial charge in [-0.15, -0.1) is 0 Å². The van der Waals surface area contributed by atoms with Crippen molar-refractivity contribution in [3.8, 4) is 0 Å². The molecule has 2 heterocycles. The Morgan fingerprint density at radius 1 is 1.32 bits per heavy atom. The molecule has 2 aliphatic rings. The molecule has 1 saturated carbocycles. The number of carbonyl (C=O) groups is 2. The smallest absolute Gasteiger partial charge is 0.308 e. The molecule has 0 radical (unpaired) electrons. The Labute approximate surface area is 129 Å². The number of nitrogens with zero attached hydrogens (tertiary/aromatic N) is 2. The molecule has 3 rings (SSSR count). The maximum atomic E-state index is 12.4. The lowest BCUT2D eigenvalue weighted by molar-refractivity contribution is -0.142. The Hall–Kier alpha value is -1.85. The Kier molecular flexibility index (Phi) is 3.93. The summed E-state index contributed by atoms with van der Waals surface area (Å²) in [5.41, 5.74) is 1.81. The van der Waals surface area contributed by atoms with E-state index >= 15 is 0 Å². The minimum absolute atomic E-state index is 0.0365. The second kappa shape index (κ2) is 5.74. The summed E-state index contributed by atoms with van der Waals surface area (Å²) in [6.45, 7) is 4.67. The van der Waals surface area contributed by atoms with Crippen molar-refractivity contribution in [1.82, 2.24) is 10.1 Å². The lowest BCUT2D eigenvalue weighted by Crippen LogP contribution is -2.30. The molecule has 1 amide bonds. The van der Waals surface area contributed by atoms with Crippen LogP contribution in [0.5, 0.6) is 0 Å². The van der Waals surface area contributed by atoms with E-state index in [0.717, 1.165) is 29.9 Å². The van der Waals surface area contributed by atoms with E-state index in [1.165, 1.54) is 0 Å². The Morgan fingerprint density at radius 3 is 2.59 bits per heavy atom. The molecule has 6 heteroatoms. The van der Waals surface area contributed by atoms with Gasteiger partial charge in [0, 0.05) is 25.1 Å². The average Bonchev–Trinajstić information content (AvgIpc) is 3.14. The van der Waals surface area contributed by atoms with Gasteiger partial charge in [0.05, 0.1) is 11.6 Å². The summed E-state index contributed by atoms with van der Waals surface area (Å²) >= 11 is 0. The molecule has 6 nitrogen and oxygen atoms in total.